The van der Waals surface area contributed by atoms with Gasteiger partial charge in [-0.1, -0.05) is 37.4 Å². The van der Waals surface area contributed by atoms with Crippen LogP contribution in [-0.2, 0) is 0 Å². The molecule has 0 spiro atoms. The van der Waals surface area contributed by atoms with E-state index >= 15 is 0 Å². The number of carboxylic acid groups (broad SMARTS) is 1. The summed E-state index contributed by atoms with van der Waals surface area (Å²) < 4.78 is 0. The molecule has 1 fully saturated rings. The predicted octanol–water partition coefficient (Wildman–Crippen LogP) is 4.28. The van der Waals surface area contributed by atoms with Gasteiger partial charge in [0.05, 0.1) is 10.7 Å². The van der Waals surface area contributed by atoms with Gasteiger partial charge in [0, 0.05) is 6.54 Å². The van der Waals surface area contributed by atoms with Gasteiger partial charge >= 0.3 is 5.97 Å². The zero-order chi connectivity index (χ0) is 13.8. The van der Waals surface area contributed by atoms with Crippen LogP contribution in [0.25, 0.3) is 0 Å². The van der Waals surface area contributed by atoms with Gasteiger partial charge in [0.2, 0.25) is 0 Å². The van der Waals surface area contributed by atoms with Gasteiger partial charge in [0.15, 0.2) is 0 Å². The fraction of sp³-hybridized carbons (Fsp3) is 0.533. The van der Waals surface area contributed by atoms with Crippen LogP contribution < -0.4 is 5.32 Å². The third-order valence-electron chi connectivity index (χ3n) is 3.85. The van der Waals surface area contributed by atoms with Gasteiger partial charge in [-0.15, -0.1) is 0 Å². The zero-order valence-corrected chi connectivity index (χ0v) is 11.9. The number of carboxylic acids is 1. The molecule has 3 nitrogen and oxygen atoms in total. The maximum absolute atomic E-state index is 11.2. The summed E-state index contributed by atoms with van der Waals surface area (Å²) in [6.45, 7) is 3.11. The highest BCUT2D eigenvalue weighted by Gasteiger charge is 2.20. The van der Waals surface area contributed by atoms with Crippen LogP contribution in [-0.4, -0.2) is 17.6 Å². The van der Waals surface area contributed by atoms with Crippen LogP contribution in [0.3, 0.4) is 0 Å². The van der Waals surface area contributed by atoms with E-state index in [1.54, 1.807) is 18.2 Å². The molecule has 19 heavy (non-hydrogen) atoms. The molecule has 1 aliphatic rings. The first kappa shape index (κ1) is 14.2. The van der Waals surface area contributed by atoms with Crippen molar-refractivity contribution >= 4 is 23.3 Å². The predicted molar refractivity (Wildman–Crippen MR) is 78.0 cm³/mol. The number of halogens is 1. The first-order valence-electron chi connectivity index (χ1n) is 6.83. The number of hydrogen-bond acceptors (Lipinski definition) is 2. The Balaban J connectivity index is 2.03. The Morgan fingerprint density at radius 2 is 2.26 bits per heavy atom. The van der Waals surface area contributed by atoms with Gasteiger partial charge in [0.1, 0.15) is 5.56 Å². The minimum atomic E-state index is -0.981. The standard InChI is InChI=1S/C15H20ClNO2/c1-10-4-2-5-11(8-10)9-17-13-7-3-6-12(16)14(13)15(18)19/h3,6-7,10-11,17H,2,4-5,8-9H2,1H3,(H,18,19). The van der Waals surface area contributed by atoms with Crippen LogP contribution in [0.15, 0.2) is 18.2 Å². The van der Waals surface area contributed by atoms with E-state index in [1.807, 2.05) is 0 Å². The number of anilines is 1. The maximum atomic E-state index is 11.2. The van der Waals surface area contributed by atoms with Crippen molar-refractivity contribution in [1.29, 1.82) is 0 Å². The van der Waals surface area contributed by atoms with Crippen LogP contribution in [0.2, 0.25) is 5.02 Å². The van der Waals surface area contributed by atoms with E-state index in [0.717, 1.165) is 12.5 Å². The minimum Gasteiger partial charge on any atom is -0.478 e. The fourth-order valence-corrected chi connectivity index (χ4v) is 3.14. The molecule has 1 saturated carbocycles. The van der Waals surface area contributed by atoms with Crippen molar-refractivity contribution in [2.24, 2.45) is 11.8 Å². The molecule has 0 bridgehead atoms. The lowest BCUT2D eigenvalue weighted by atomic mass is 9.82. The fourth-order valence-electron chi connectivity index (χ4n) is 2.89. The summed E-state index contributed by atoms with van der Waals surface area (Å²) in [6.07, 6.45) is 5.03. The molecule has 1 aliphatic carbocycles. The maximum Gasteiger partial charge on any atom is 0.339 e. The van der Waals surface area contributed by atoms with E-state index in [2.05, 4.69) is 12.2 Å². The monoisotopic (exact) mass is 281 g/mol. The van der Waals surface area contributed by atoms with E-state index < -0.39 is 5.97 Å². The number of hydrogen-bond donors (Lipinski definition) is 2. The molecule has 0 heterocycles. The van der Waals surface area contributed by atoms with Crippen LogP contribution in [0.1, 0.15) is 43.0 Å². The van der Waals surface area contributed by atoms with Crippen molar-refractivity contribution < 1.29 is 9.90 Å². The molecule has 4 heteroatoms. The van der Waals surface area contributed by atoms with Gasteiger partial charge < -0.3 is 10.4 Å². The second-order valence-electron chi connectivity index (χ2n) is 5.49. The Hall–Kier alpha value is -1.22. The molecule has 1 aromatic rings. The Bertz CT molecular complexity index is 461. The van der Waals surface area contributed by atoms with Crippen molar-refractivity contribution in [1.82, 2.24) is 0 Å². The second kappa shape index (κ2) is 6.29. The molecular weight excluding hydrogens is 262 g/mol. The molecular formula is C15H20ClNO2. The highest BCUT2D eigenvalue weighted by molar-refractivity contribution is 6.34. The summed E-state index contributed by atoms with van der Waals surface area (Å²) in [6, 6.07) is 5.17. The molecule has 0 saturated heterocycles. The first-order chi connectivity index (χ1) is 9.08. The Labute approximate surface area is 119 Å². The van der Waals surface area contributed by atoms with E-state index in [9.17, 15) is 9.90 Å². The van der Waals surface area contributed by atoms with Crippen molar-refractivity contribution in [2.45, 2.75) is 32.6 Å². The number of nitrogens with one attached hydrogen (secondary N) is 1. The van der Waals surface area contributed by atoms with E-state index in [-0.39, 0.29) is 10.6 Å². The van der Waals surface area contributed by atoms with Crippen molar-refractivity contribution in [3.8, 4) is 0 Å². The van der Waals surface area contributed by atoms with Crippen molar-refractivity contribution in [2.75, 3.05) is 11.9 Å². The van der Waals surface area contributed by atoms with Gasteiger partial charge in [-0.2, -0.15) is 0 Å². The van der Waals surface area contributed by atoms with E-state index in [0.29, 0.717) is 11.6 Å². The number of benzene rings is 1. The molecule has 0 aliphatic heterocycles. The summed E-state index contributed by atoms with van der Waals surface area (Å²) in [7, 11) is 0. The van der Waals surface area contributed by atoms with Gasteiger partial charge in [-0.25, -0.2) is 4.79 Å². The lowest BCUT2D eigenvalue weighted by Crippen LogP contribution is -2.21. The van der Waals surface area contributed by atoms with E-state index in [1.165, 1.54) is 25.7 Å². The van der Waals surface area contributed by atoms with Gasteiger partial charge in [-0.05, 0) is 36.8 Å². The molecule has 2 atom stereocenters. The highest BCUT2D eigenvalue weighted by atomic mass is 35.5. The second-order valence-corrected chi connectivity index (χ2v) is 5.89. The SMILES string of the molecule is CC1CCCC(CNc2cccc(Cl)c2C(=O)O)C1. The Morgan fingerprint density at radius 1 is 1.47 bits per heavy atom. The van der Waals surface area contributed by atoms with Gasteiger partial charge in [0.25, 0.3) is 0 Å². The first-order valence-corrected chi connectivity index (χ1v) is 7.21. The number of carbonyl (C=O) groups is 1. The molecule has 2 unspecified atom stereocenters. The number of rotatable bonds is 4. The smallest absolute Gasteiger partial charge is 0.339 e. The van der Waals surface area contributed by atoms with Crippen LogP contribution in [0.4, 0.5) is 5.69 Å². The number of aromatic carboxylic acids is 1. The largest absolute Gasteiger partial charge is 0.478 e. The van der Waals surface area contributed by atoms with Crippen molar-refractivity contribution in [3.63, 3.8) is 0 Å². The molecule has 2 N–H and O–H groups in total. The Kier molecular flexibility index (Phi) is 4.70. The normalized spacial score (nSPS) is 23.1. The lowest BCUT2D eigenvalue weighted by Gasteiger charge is -2.27. The topological polar surface area (TPSA) is 49.3 Å². The molecule has 104 valence electrons. The molecule has 0 aromatic heterocycles. The molecule has 0 radical (unpaired) electrons. The average Bonchev–Trinajstić information content (AvgIpc) is 2.36. The summed E-state index contributed by atoms with van der Waals surface area (Å²) in [5, 5.41) is 12.7. The van der Waals surface area contributed by atoms with E-state index in [4.69, 9.17) is 11.6 Å². The average molecular weight is 282 g/mol. The van der Waals surface area contributed by atoms with Crippen LogP contribution >= 0.6 is 11.6 Å². The molecule has 1 aromatic carbocycles. The van der Waals surface area contributed by atoms with Crippen LogP contribution in [0, 0.1) is 11.8 Å². The van der Waals surface area contributed by atoms with Crippen LogP contribution in [0.5, 0.6) is 0 Å². The summed E-state index contributed by atoms with van der Waals surface area (Å²) in [4.78, 5) is 11.2. The van der Waals surface area contributed by atoms with Crippen molar-refractivity contribution in [3.05, 3.63) is 28.8 Å². The molecule has 2 rings (SSSR count). The summed E-state index contributed by atoms with van der Waals surface area (Å²) in [5.74, 6) is 0.424. The summed E-state index contributed by atoms with van der Waals surface area (Å²) in [5.41, 5.74) is 0.797. The van der Waals surface area contributed by atoms with Gasteiger partial charge in [-0.3, -0.25) is 0 Å². The third kappa shape index (κ3) is 3.63. The Morgan fingerprint density at radius 3 is 2.95 bits per heavy atom. The minimum absolute atomic E-state index is 0.174. The quantitative estimate of drug-likeness (QED) is 0.866. The highest BCUT2D eigenvalue weighted by Crippen LogP contribution is 2.30. The lowest BCUT2D eigenvalue weighted by molar-refractivity contribution is 0.0698. The third-order valence-corrected chi connectivity index (χ3v) is 4.17. The zero-order valence-electron chi connectivity index (χ0n) is 11.2. The summed E-state index contributed by atoms with van der Waals surface area (Å²) >= 11 is 5.95. The molecule has 0 amide bonds.